The maximum atomic E-state index is 11.6. The largest absolute Gasteiger partial charge is 0.388 e. The van der Waals surface area contributed by atoms with Crippen molar-refractivity contribution in [2.45, 2.75) is 56.5 Å². The number of carbonyl (C=O) groups is 1. The lowest BCUT2D eigenvalue weighted by Gasteiger charge is -2.19. The molecule has 0 bridgehead atoms. The molecule has 1 rings (SSSR count). The molecule has 1 aliphatic rings. The van der Waals surface area contributed by atoms with E-state index < -0.39 is 24.4 Å². The first-order valence-electron chi connectivity index (χ1n) is 6.05. The van der Waals surface area contributed by atoms with Gasteiger partial charge in [0, 0.05) is 6.42 Å². The Balaban J connectivity index is 2.31. The highest BCUT2D eigenvalue weighted by Gasteiger charge is 2.41. The van der Waals surface area contributed by atoms with Gasteiger partial charge in [-0.15, -0.1) is 0 Å². The first-order chi connectivity index (χ1) is 8.07. The first kappa shape index (κ1) is 14.6. The third-order valence-electron chi connectivity index (χ3n) is 3.00. The van der Waals surface area contributed by atoms with Gasteiger partial charge >= 0.3 is 0 Å². The van der Waals surface area contributed by atoms with E-state index in [0.29, 0.717) is 6.42 Å². The number of Topliss-reactive ketones (excluding diaryl/α,β-unsaturated/α-hetero) is 1. The van der Waals surface area contributed by atoms with Crippen molar-refractivity contribution in [1.29, 1.82) is 0 Å². The monoisotopic (exact) mass is 245 g/mol. The molecule has 0 saturated carbocycles. The van der Waals surface area contributed by atoms with Gasteiger partial charge in [-0.25, -0.2) is 0 Å². The molecular formula is C12H21O5. The van der Waals surface area contributed by atoms with Crippen molar-refractivity contribution in [3.05, 3.63) is 6.92 Å². The molecule has 0 aromatic heterocycles. The second kappa shape index (κ2) is 7.06. The summed E-state index contributed by atoms with van der Waals surface area (Å²) in [6.07, 6.45) is -0.869. The van der Waals surface area contributed by atoms with E-state index in [4.69, 9.17) is 4.74 Å². The number of carbonyl (C=O) groups excluding carboxylic acids is 1. The average Bonchev–Trinajstić information content (AvgIpc) is 2.64. The lowest BCUT2D eigenvalue weighted by molar-refractivity contribution is -0.137. The molecule has 0 amide bonds. The summed E-state index contributed by atoms with van der Waals surface area (Å²) in [5.74, 6) is -0.341. The highest BCUT2D eigenvalue weighted by Crippen LogP contribution is 2.19. The van der Waals surface area contributed by atoms with Gasteiger partial charge < -0.3 is 20.1 Å². The molecule has 5 nitrogen and oxygen atoms in total. The third-order valence-corrected chi connectivity index (χ3v) is 3.00. The summed E-state index contributed by atoms with van der Waals surface area (Å²) in [6, 6.07) is 0. The molecule has 0 aromatic rings. The summed E-state index contributed by atoms with van der Waals surface area (Å²) in [7, 11) is 0. The minimum absolute atomic E-state index is 0.0440. The van der Waals surface area contributed by atoms with Crippen LogP contribution >= 0.6 is 0 Å². The van der Waals surface area contributed by atoms with Crippen molar-refractivity contribution in [2.24, 2.45) is 0 Å². The van der Waals surface area contributed by atoms with Gasteiger partial charge in [0.2, 0.25) is 0 Å². The summed E-state index contributed by atoms with van der Waals surface area (Å²) >= 11 is 0. The van der Waals surface area contributed by atoms with Crippen LogP contribution in [0.15, 0.2) is 0 Å². The Hall–Kier alpha value is -0.490. The smallest absolute Gasteiger partial charge is 0.164 e. The molecule has 1 aliphatic heterocycles. The Labute approximate surface area is 101 Å². The zero-order chi connectivity index (χ0) is 12.8. The van der Waals surface area contributed by atoms with E-state index in [-0.39, 0.29) is 18.8 Å². The van der Waals surface area contributed by atoms with Crippen molar-refractivity contribution < 1.29 is 24.9 Å². The van der Waals surface area contributed by atoms with Crippen LogP contribution in [-0.4, -0.2) is 52.1 Å². The van der Waals surface area contributed by atoms with Gasteiger partial charge in [-0.05, 0) is 6.42 Å². The summed E-state index contributed by atoms with van der Waals surface area (Å²) in [4.78, 5) is 11.6. The van der Waals surface area contributed by atoms with Crippen molar-refractivity contribution in [2.75, 3.05) is 6.61 Å². The van der Waals surface area contributed by atoms with Crippen molar-refractivity contribution in [3.63, 3.8) is 0 Å². The number of ketones is 1. The number of aliphatic hydroxyl groups excluding tert-OH is 3. The summed E-state index contributed by atoms with van der Waals surface area (Å²) in [5, 5.41) is 28.4. The minimum atomic E-state index is -1.35. The third kappa shape index (κ3) is 4.03. The van der Waals surface area contributed by atoms with Gasteiger partial charge in [-0.1, -0.05) is 26.2 Å². The van der Waals surface area contributed by atoms with Gasteiger partial charge in [0.25, 0.3) is 0 Å². The van der Waals surface area contributed by atoms with E-state index in [1.54, 1.807) is 0 Å². The molecule has 0 aliphatic carbocycles. The highest BCUT2D eigenvalue weighted by molar-refractivity contribution is 5.83. The Morgan fingerprint density at radius 3 is 2.59 bits per heavy atom. The van der Waals surface area contributed by atoms with E-state index in [1.165, 1.54) is 0 Å². The number of unbranched alkanes of at least 4 members (excludes halogenated alkanes) is 3. The lowest BCUT2D eigenvalue weighted by atomic mass is 9.99. The number of hydrogen-bond acceptors (Lipinski definition) is 5. The van der Waals surface area contributed by atoms with Crippen LogP contribution in [0.1, 0.15) is 32.1 Å². The van der Waals surface area contributed by atoms with Gasteiger partial charge in [0.1, 0.15) is 24.4 Å². The van der Waals surface area contributed by atoms with Crippen LogP contribution in [0.2, 0.25) is 0 Å². The van der Waals surface area contributed by atoms with Crippen LogP contribution < -0.4 is 0 Å². The number of rotatable bonds is 7. The van der Waals surface area contributed by atoms with Crippen LogP contribution in [0.25, 0.3) is 0 Å². The maximum Gasteiger partial charge on any atom is 0.164 e. The zero-order valence-corrected chi connectivity index (χ0v) is 9.92. The van der Waals surface area contributed by atoms with E-state index >= 15 is 0 Å². The maximum absolute atomic E-state index is 11.6. The number of hydrogen-bond donors (Lipinski definition) is 3. The fourth-order valence-corrected chi connectivity index (χ4v) is 1.89. The molecule has 17 heavy (non-hydrogen) atoms. The summed E-state index contributed by atoms with van der Waals surface area (Å²) in [6.45, 7) is 3.66. The Morgan fingerprint density at radius 2 is 2.06 bits per heavy atom. The van der Waals surface area contributed by atoms with Crippen LogP contribution in [0.3, 0.4) is 0 Å². The molecule has 5 heteroatoms. The lowest BCUT2D eigenvalue weighted by Crippen LogP contribution is -2.42. The van der Waals surface area contributed by atoms with Crippen LogP contribution in [0.5, 0.6) is 0 Å². The summed E-state index contributed by atoms with van der Waals surface area (Å²) < 4.78 is 5.01. The van der Waals surface area contributed by atoms with Gasteiger partial charge in [0.15, 0.2) is 5.78 Å². The molecule has 0 aromatic carbocycles. The van der Waals surface area contributed by atoms with Crippen LogP contribution in [0.4, 0.5) is 0 Å². The number of aliphatic hydroxyl groups is 3. The predicted octanol–water partition coefficient (Wildman–Crippen LogP) is -0.178. The molecule has 1 saturated heterocycles. The molecule has 0 spiro atoms. The van der Waals surface area contributed by atoms with Gasteiger partial charge in [0.05, 0.1) is 6.61 Å². The topological polar surface area (TPSA) is 87.0 Å². The molecule has 1 radical (unpaired) electrons. The molecule has 1 unspecified atom stereocenters. The Morgan fingerprint density at radius 1 is 1.35 bits per heavy atom. The van der Waals surface area contributed by atoms with Crippen molar-refractivity contribution >= 4 is 5.78 Å². The quantitative estimate of drug-likeness (QED) is 0.542. The first-order valence-corrected chi connectivity index (χ1v) is 6.05. The molecule has 99 valence electrons. The van der Waals surface area contributed by atoms with Crippen molar-refractivity contribution in [3.8, 4) is 0 Å². The predicted molar refractivity (Wildman–Crippen MR) is 61.2 cm³/mol. The Bertz CT molecular complexity index is 243. The molecule has 1 fully saturated rings. The van der Waals surface area contributed by atoms with Crippen LogP contribution in [-0.2, 0) is 9.53 Å². The fraction of sp³-hybridized carbons (Fsp3) is 0.833. The molecule has 4 atom stereocenters. The second-order valence-corrected chi connectivity index (χ2v) is 4.43. The van der Waals surface area contributed by atoms with E-state index in [0.717, 1.165) is 19.3 Å². The zero-order valence-electron chi connectivity index (χ0n) is 9.92. The standard InChI is InChI=1S/C12H21O5/c1-2-3-4-5-6-8(13)10(15)12-11(16)9(14)7-17-12/h9-12,14-16H,1-7H2/t9-,10?,11-,12+/m0/s1. The normalized spacial score (nSPS) is 30.5. The fourth-order valence-electron chi connectivity index (χ4n) is 1.89. The number of ether oxygens (including phenoxy) is 1. The second-order valence-electron chi connectivity index (χ2n) is 4.43. The summed E-state index contributed by atoms with van der Waals surface area (Å²) in [5.41, 5.74) is 0. The SMILES string of the molecule is [CH2]CCCCCC(=O)C(O)[C@H]1OC[C@H](O)[C@@H]1O. The molecular weight excluding hydrogens is 224 g/mol. The average molecular weight is 245 g/mol. The van der Waals surface area contributed by atoms with Crippen molar-refractivity contribution in [1.82, 2.24) is 0 Å². The van der Waals surface area contributed by atoms with Gasteiger partial charge in [-0.3, -0.25) is 4.79 Å². The molecule has 3 N–H and O–H groups in total. The van der Waals surface area contributed by atoms with Gasteiger partial charge in [-0.2, -0.15) is 0 Å². The Kier molecular flexibility index (Phi) is 6.05. The van der Waals surface area contributed by atoms with E-state index in [9.17, 15) is 20.1 Å². The highest BCUT2D eigenvalue weighted by atomic mass is 16.5. The minimum Gasteiger partial charge on any atom is -0.388 e. The van der Waals surface area contributed by atoms with E-state index in [1.807, 2.05) is 0 Å². The van der Waals surface area contributed by atoms with Crippen LogP contribution in [0, 0.1) is 6.92 Å². The molecule has 1 heterocycles. The van der Waals surface area contributed by atoms with E-state index in [2.05, 4.69) is 6.92 Å².